The minimum absolute atomic E-state index is 0.0304. The first kappa shape index (κ1) is 18.3. The predicted molar refractivity (Wildman–Crippen MR) is 102 cm³/mol. The molecule has 1 atom stereocenters. The average Bonchev–Trinajstić information content (AvgIpc) is 2.54. The molecule has 2 aromatic carbocycles. The molecular formula is C19H24ClN3O. The van der Waals surface area contributed by atoms with Crippen molar-refractivity contribution in [1.29, 1.82) is 0 Å². The largest absolute Gasteiger partial charge is 0.378 e. The second kappa shape index (κ2) is 8.18. The Morgan fingerprint density at radius 3 is 2.38 bits per heavy atom. The number of hydrogen-bond acceptors (Lipinski definition) is 3. The van der Waals surface area contributed by atoms with E-state index >= 15 is 0 Å². The fraction of sp³-hybridized carbons (Fsp3) is 0.316. The van der Waals surface area contributed by atoms with E-state index in [-0.39, 0.29) is 11.9 Å². The van der Waals surface area contributed by atoms with Crippen molar-refractivity contribution in [2.75, 3.05) is 31.4 Å². The van der Waals surface area contributed by atoms with Crippen LogP contribution in [0.4, 0.5) is 11.4 Å². The summed E-state index contributed by atoms with van der Waals surface area (Å²) in [5, 5.41) is 3.67. The summed E-state index contributed by atoms with van der Waals surface area (Å²) < 4.78 is 0. The van der Waals surface area contributed by atoms with Gasteiger partial charge in [0, 0.05) is 37.0 Å². The highest BCUT2D eigenvalue weighted by Crippen LogP contribution is 2.17. The summed E-state index contributed by atoms with van der Waals surface area (Å²) >= 11 is 6.01. The standard InChI is InChI=1S/C19H24ClN3O/c1-14(23(4)13-15-6-5-7-16(20)12-15)19(24)21-17-8-10-18(11-9-17)22(2)3/h5-12,14H,13H2,1-4H3,(H,21,24)/t14-/m0/s1. The second-order valence-electron chi connectivity index (χ2n) is 6.15. The molecule has 0 aliphatic heterocycles. The summed E-state index contributed by atoms with van der Waals surface area (Å²) in [6.07, 6.45) is 0. The number of benzene rings is 2. The molecule has 1 amide bonds. The van der Waals surface area contributed by atoms with Crippen LogP contribution in [0.15, 0.2) is 48.5 Å². The minimum atomic E-state index is -0.252. The highest BCUT2D eigenvalue weighted by Gasteiger charge is 2.18. The molecular weight excluding hydrogens is 322 g/mol. The molecule has 24 heavy (non-hydrogen) atoms. The van der Waals surface area contributed by atoms with Crippen LogP contribution in [-0.4, -0.2) is 38.0 Å². The van der Waals surface area contributed by atoms with E-state index in [1.165, 1.54) is 0 Å². The van der Waals surface area contributed by atoms with E-state index < -0.39 is 0 Å². The molecule has 0 aliphatic rings. The number of likely N-dealkylation sites (N-methyl/N-ethyl adjacent to an activating group) is 1. The van der Waals surface area contributed by atoms with Gasteiger partial charge < -0.3 is 10.2 Å². The molecule has 0 saturated carbocycles. The van der Waals surface area contributed by atoms with Crippen LogP contribution in [0.5, 0.6) is 0 Å². The molecule has 128 valence electrons. The van der Waals surface area contributed by atoms with Crippen LogP contribution in [0.1, 0.15) is 12.5 Å². The number of anilines is 2. The van der Waals surface area contributed by atoms with E-state index in [9.17, 15) is 4.79 Å². The van der Waals surface area contributed by atoms with Crippen molar-refractivity contribution in [3.8, 4) is 0 Å². The Morgan fingerprint density at radius 2 is 1.79 bits per heavy atom. The minimum Gasteiger partial charge on any atom is -0.378 e. The lowest BCUT2D eigenvalue weighted by molar-refractivity contribution is -0.120. The molecule has 0 bridgehead atoms. The van der Waals surface area contributed by atoms with Crippen LogP contribution in [0.25, 0.3) is 0 Å². The molecule has 2 aromatic rings. The van der Waals surface area contributed by atoms with Crippen molar-refractivity contribution in [3.05, 3.63) is 59.1 Å². The van der Waals surface area contributed by atoms with E-state index in [1.54, 1.807) is 0 Å². The smallest absolute Gasteiger partial charge is 0.241 e. The maximum atomic E-state index is 12.4. The molecule has 0 spiro atoms. The third-order valence-corrected chi connectivity index (χ3v) is 4.25. The lowest BCUT2D eigenvalue weighted by Crippen LogP contribution is -2.39. The molecule has 1 N–H and O–H groups in total. The van der Waals surface area contributed by atoms with Crippen LogP contribution in [0.2, 0.25) is 5.02 Å². The fourth-order valence-corrected chi connectivity index (χ4v) is 2.56. The lowest BCUT2D eigenvalue weighted by Gasteiger charge is -2.24. The van der Waals surface area contributed by atoms with Crippen molar-refractivity contribution in [2.45, 2.75) is 19.5 Å². The third kappa shape index (κ3) is 4.98. The van der Waals surface area contributed by atoms with Crippen LogP contribution in [-0.2, 0) is 11.3 Å². The molecule has 0 heterocycles. The van der Waals surface area contributed by atoms with Gasteiger partial charge in [0.05, 0.1) is 6.04 Å². The monoisotopic (exact) mass is 345 g/mol. The van der Waals surface area contributed by atoms with E-state index in [2.05, 4.69) is 5.32 Å². The van der Waals surface area contributed by atoms with Gasteiger partial charge in [0.2, 0.25) is 5.91 Å². The third-order valence-electron chi connectivity index (χ3n) is 4.01. The van der Waals surface area contributed by atoms with Gasteiger partial charge in [-0.3, -0.25) is 9.69 Å². The van der Waals surface area contributed by atoms with Crippen molar-refractivity contribution >= 4 is 28.9 Å². The van der Waals surface area contributed by atoms with Crippen LogP contribution in [0, 0.1) is 0 Å². The number of amides is 1. The van der Waals surface area contributed by atoms with E-state index in [0.717, 1.165) is 16.9 Å². The first-order chi connectivity index (χ1) is 11.4. The Kier molecular flexibility index (Phi) is 6.23. The molecule has 0 radical (unpaired) electrons. The Labute approximate surface area is 149 Å². The first-order valence-electron chi connectivity index (χ1n) is 7.90. The first-order valence-corrected chi connectivity index (χ1v) is 8.27. The van der Waals surface area contributed by atoms with E-state index in [0.29, 0.717) is 11.6 Å². The zero-order valence-electron chi connectivity index (χ0n) is 14.6. The highest BCUT2D eigenvalue weighted by atomic mass is 35.5. The van der Waals surface area contributed by atoms with Gasteiger partial charge in [0.15, 0.2) is 0 Å². The van der Waals surface area contributed by atoms with Gasteiger partial charge in [0.25, 0.3) is 0 Å². The van der Waals surface area contributed by atoms with Gasteiger partial charge in [-0.1, -0.05) is 23.7 Å². The Balaban J connectivity index is 1.95. The molecule has 4 nitrogen and oxygen atoms in total. The van der Waals surface area contributed by atoms with Crippen molar-refractivity contribution in [3.63, 3.8) is 0 Å². The van der Waals surface area contributed by atoms with Gasteiger partial charge in [0.1, 0.15) is 0 Å². The average molecular weight is 346 g/mol. The lowest BCUT2D eigenvalue weighted by atomic mass is 10.2. The zero-order valence-corrected chi connectivity index (χ0v) is 15.3. The summed E-state index contributed by atoms with van der Waals surface area (Å²) in [4.78, 5) is 16.5. The zero-order chi connectivity index (χ0) is 17.7. The van der Waals surface area contributed by atoms with Crippen molar-refractivity contribution in [1.82, 2.24) is 4.90 Å². The predicted octanol–water partition coefficient (Wildman–Crippen LogP) is 3.87. The number of hydrogen-bond donors (Lipinski definition) is 1. The summed E-state index contributed by atoms with van der Waals surface area (Å²) in [5.41, 5.74) is 2.98. The molecule has 0 fully saturated rings. The van der Waals surface area contributed by atoms with E-state index in [4.69, 9.17) is 11.6 Å². The SMILES string of the molecule is C[C@@H](C(=O)Nc1ccc(N(C)C)cc1)N(C)Cc1cccc(Cl)c1. The number of halogens is 1. The molecule has 0 aromatic heterocycles. The molecule has 2 rings (SSSR count). The normalized spacial score (nSPS) is 12.1. The van der Waals surface area contributed by atoms with Gasteiger partial charge in [-0.05, 0) is 55.9 Å². The van der Waals surface area contributed by atoms with Crippen molar-refractivity contribution < 1.29 is 4.79 Å². The Bertz CT molecular complexity index is 685. The Morgan fingerprint density at radius 1 is 1.12 bits per heavy atom. The van der Waals surface area contributed by atoms with E-state index in [1.807, 2.05) is 86.4 Å². The van der Waals surface area contributed by atoms with Gasteiger partial charge in [-0.2, -0.15) is 0 Å². The Hall–Kier alpha value is -2.04. The van der Waals surface area contributed by atoms with Gasteiger partial charge in [-0.25, -0.2) is 0 Å². The molecule has 5 heteroatoms. The second-order valence-corrected chi connectivity index (χ2v) is 6.59. The summed E-state index contributed by atoms with van der Waals surface area (Å²) in [5.74, 6) is -0.0304. The summed E-state index contributed by atoms with van der Waals surface area (Å²) in [7, 11) is 5.90. The number of nitrogens with zero attached hydrogens (tertiary/aromatic N) is 2. The van der Waals surface area contributed by atoms with Crippen LogP contribution < -0.4 is 10.2 Å². The van der Waals surface area contributed by atoms with Gasteiger partial charge in [-0.15, -0.1) is 0 Å². The summed E-state index contributed by atoms with van der Waals surface area (Å²) in [6, 6.07) is 15.2. The maximum absolute atomic E-state index is 12.4. The molecule has 0 saturated heterocycles. The van der Waals surface area contributed by atoms with Crippen molar-refractivity contribution in [2.24, 2.45) is 0 Å². The number of rotatable bonds is 6. The van der Waals surface area contributed by atoms with Crippen LogP contribution in [0.3, 0.4) is 0 Å². The number of nitrogens with one attached hydrogen (secondary N) is 1. The highest BCUT2D eigenvalue weighted by molar-refractivity contribution is 6.30. The quantitative estimate of drug-likeness (QED) is 0.863. The van der Waals surface area contributed by atoms with Gasteiger partial charge >= 0.3 is 0 Å². The number of carbonyl (C=O) groups is 1. The van der Waals surface area contributed by atoms with Crippen LogP contribution >= 0.6 is 11.6 Å². The number of carbonyl (C=O) groups excluding carboxylic acids is 1. The topological polar surface area (TPSA) is 35.6 Å². The maximum Gasteiger partial charge on any atom is 0.241 e. The summed E-state index contributed by atoms with van der Waals surface area (Å²) in [6.45, 7) is 2.56. The molecule has 0 aliphatic carbocycles. The molecule has 0 unspecified atom stereocenters. The fourth-order valence-electron chi connectivity index (χ4n) is 2.35.